The summed E-state index contributed by atoms with van der Waals surface area (Å²) in [7, 11) is 0. The molecule has 0 bridgehead atoms. The van der Waals surface area contributed by atoms with Gasteiger partial charge in [-0.3, -0.25) is 10.2 Å². The predicted molar refractivity (Wildman–Crippen MR) is 16.7 cm³/mol. The summed E-state index contributed by atoms with van der Waals surface area (Å²) in [6.07, 6.45) is -1.06. The first-order valence-corrected chi connectivity index (χ1v) is 1.67. The third kappa shape index (κ3) is 0.662. The van der Waals surface area contributed by atoms with Gasteiger partial charge in [0.1, 0.15) is 0 Å². The van der Waals surface area contributed by atoms with Crippen LogP contribution < -0.4 is 10.8 Å². The highest BCUT2D eigenvalue weighted by atomic mass is 16.8. The highest BCUT2D eigenvalue weighted by molar-refractivity contribution is 4.38. The van der Waals surface area contributed by atoms with Crippen LogP contribution >= 0.6 is 0 Å². The van der Waals surface area contributed by atoms with Gasteiger partial charge in [-0.2, -0.15) is 10.6 Å². The molecule has 35 valence electrons. The molecule has 0 saturated carbocycles. The molecule has 1 aliphatic heterocycles. The predicted octanol–water partition coefficient (Wildman–Crippen LogP) is -1.22. The Morgan fingerprint density at radius 2 is 2.67 bits per heavy atom. The van der Waals surface area contributed by atoms with Crippen LogP contribution in [0.5, 0.6) is 0 Å². The second-order valence-electron chi connectivity index (χ2n) is 0.975. The van der Waals surface area contributed by atoms with Crippen LogP contribution in [0.4, 0.5) is 0 Å². The molecule has 0 aromatic heterocycles. The quantitative estimate of drug-likeness (QED) is 0.391. The van der Waals surface area contributed by atoms with E-state index in [4.69, 9.17) is 0 Å². The van der Waals surface area contributed by atoms with Gasteiger partial charge in [0, 0.05) is 0 Å². The first-order valence-electron chi connectivity index (χ1n) is 1.67. The van der Waals surface area contributed by atoms with E-state index in [0.717, 1.165) is 0 Å². The van der Waals surface area contributed by atoms with E-state index in [-0.39, 0.29) is 0 Å². The molecule has 0 aliphatic carbocycles. The lowest BCUT2D eigenvalue weighted by atomic mass is 11.0. The normalized spacial score (nSPS) is 34.5. The van der Waals surface area contributed by atoms with Crippen LogP contribution in [0.2, 0.25) is 0 Å². The summed E-state index contributed by atoms with van der Waals surface area (Å²) in [6, 6.07) is 0. The Balaban J connectivity index is 2.18. The second kappa shape index (κ2) is 1.53. The van der Waals surface area contributed by atoms with Gasteiger partial charge >= 0.3 is 0 Å². The zero-order chi connectivity index (χ0) is 4.41. The topological polar surface area (TPSA) is 53.2 Å². The van der Waals surface area contributed by atoms with E-state index in [1.807, 2.05) is 0 Å². The van der Waals surface area contributed by atoms with Gasteiger partial charge in [-0.1, -0.05) is 0 Å². The molecule has 0 aromatic carbocycles. The summed E-state index contributed by atoms with van der Waals surface area (Å²) in [5.41, 5.74) is 2.35. The van der Waals surface area contributed by atoms with Crippen LogP contribution in [0.1, 0.15) is 0 Å². The lowest BCUT2D eigenvalue weighted by Gasteiger charge is -1.89. The van der Waals surface area contributed by atoms with Crippen molar-refractivity contribution in [1.82, 2.24) is 10.8 Å². The van der Waals surface area contributed by atoms with Crippen molar-refractivity contribution in [1.29, 1.82) is 0 Å². The SMILES string of the molecule is [O]C1NCNO1. The molecule has 4 heteroatoms. The van der Waals surface area contributed by atoms with E-state index in [1.165, 1.54) is 0 Å². The summed E-state index contributed by atoms with van der Waals surface area (Å²) in [4.78, 5) is 4.24. The average Bonchev–Trinajstić information content (AvgIpc) is 1.86. The number of hydroxylamine groups is 1. The van der Waals surface area contributed by atoms with E-state index in [2.05, 4.69) is 15.6 Å². The van der Waals surface area contributed by atoms with Crippen molar-refractivity contribution >= 4 is 0 Å². The number of hydrogen-bond acceptors (Lipinski definition) is 3. The molecule has 1 fully saturated rings. The molecule has 1 radical (unpaired) electrons. The van der Waals surface area contributed by atoms with Crippen molar-refractivity contribution in [2.45, 2.75) is 6.41 Å². The maximum Gasteiger partial charge on any atom is 0.265 e. The third-order valence-electron chi connectivity index (χ3n) is 0.531. The lowest BCUT2D eigenvalue weighted by Crippen LogP contribution is -2.19. The monoisotopic (exact) mass is 89.0 g/mol. The molecule has 1 atom stereocenters. The van der Waals surface area contributed by atoms with Crippen molar-refractivity contribution in [2.75, 3.05) is 6.67 Å². The fourth-order valence-electron chi connectivity index (χ4n) is 0.284. The molecule has 1 aliphatic rings. The first-order chi connectivity index (χ1) is 2.89. The van der Waals surface area contributed by atoms with Crippen molar-refractivity contribution in [3.63, 3.8) is 0 Å². The Labute approximate surface area is 35.1 Å². The first kappa shape index (κ1) is 4.01. The highest BCUT2D eigenvalue weighted by Crippen LogP contribution is 1.80. The summed E-state index contributed by atoms with van der Waals surface area (Å²) < 4.78 is 0. The van der Waals surface area contributed by atoms with E-state index >= 15 is 0 Å². The van der Waals surface area contributed by atoms with Crippen LogP contribution in [-0.2, 0) is 9.94 Å². The average molecular weight is 89.1 g/mol. The summed E-state index contributed by atoms with van der Waals surface area (Å²) >= 11 is 0. The van der Waals surface area contributed by atoms with E-state index < -0.39 is 6.41 Å². The van der Waals surface area contributed by atoms with E-state index in [0.29, 0.717) is 6.67 Å². The van der Waals surface area contributed by atoms with Gasteiger partial charge in [0.25, 0.3) is 6.41 Å². The van der Waals surface area contributed by atoms with Crippen molar-refractivity contribution in [2.24, 2.45) is 0 Å². The molecule has 1 unspecified atom stereocenters. The third-order valence-corrected chi connectivity index (χ3v) is 0.531. The second-order valence-corrected chi connectivity index (χ2v) is 0.975. The van der Waals surface area contributed by atoms with Crippen LogP contribution in [0.25, 0.3) is 0 Å². The molecule has 1 rings (SSSR count). The molecule has 4 nitrogen and oxygen atoms in total. The number of nitrogens with one attached hydrogen (secondary N) is 2. The largest absolute Gasteiger partial charge is 0.265 e. The molecule has 0 spiro atoms. The molecule has 2 N–H and O–H groups in total. The van der Waals surface area contributed by atoms with Gasteiger partial charge in [0.05, 0.1) is 6.67 Å². The van der Waals surface area contributed by atoms with Crippen LogP contribution in [0.15, 0.2) is 0 Å². The lowest BCUT2D eigenvalue weighted by molar-refractivity contribution is -0.148. The Morgan fingerprint density at radius 3 is 2.83 bits per heavy atom. The van der Waals surface area contributed by atoms with E-state index in [9.17, 15) is 5.11 Å². The number of rotatable bonds is 0. The van der Waals surface area contributed by atoms with Crippen molar-refractivity contribution < 1.29 is 9.94 Å². The molecule has 1 saturated heterocycles. The molecule has 6 heavy (non-hydrogen) atoms. The summed E-state index contributed by atoms with van der Waals surface area (Å²) in [5.74, 6) is 0. The Morgan fingerprint density at radius 1 is 1.83 bits per heavy atom. The molecule has 0 amide bonds. The molecule has 1 heterocycles. The summed E-state index contributed by atoms with van der Waals surface area (Å²) in [6.45, 7) is 0.453. The van der Waals surface area contributed by atoms with Crippen LogP contribution in [0, 0.1) is 0 Å². The van der Waals surface area contributed by atoms with Gasteiger partial charge in [-0.05, 0) is 0 Å². The van der Waals surface area contributed by atoms with Gasteiger partial charge in [0.2, 0.25) is 0 Å². The van der Waals surface area contributed by atoms with Gasteiger partial charge in [-0.15, -0.1) is 0 Å². The van der Waals surface area contributed by atoms with Gasteiger partial charge in [-0.25, -0.2) is 0 Å². The zero-order valence-electron chi connectivity index (χ0n) is 3.10. The highest BCUT2D eigenvalue weighted by Gasteiger charge is 2.09. The fraction of sp³-hybridized carbons (Fsp3) is 1.00. The molecular weight excluding hydrogens is 84.0 g/mol. The minimum atomic E-state index is -1.06. The van der Waals surface area contributed by atoms with Crippen LogP contribution in [0.3, 0.4) is 0 Å². The van der Waals surface area contributed by atoms with Gasteiger partial charge < -0.3 is 0 Å². The maximum atomic E-state index is 9.93. The van der Waals surface area contributed by atoms with Crippen molar-refractivity contribution in [3.05, 3.63) is 0 Å². The zero-order valence-corrected chi connectivity index (χ0v) is 3.10. The van der Waals surface area contributed by atoms with E-state index in [1.54, 1.807) is 0 Å². The minimum absolute atomic E-state index is 0.453. The Kier molecular flexibility index (Phi) is 1.02. The van der Waals surface area contributed by atoms with Gasteiger partial charge in [0.15, 0.2) is 0 Å². The maximum absolute atomic E-state index is 9.93. The number of hydrogen-bond donors (Lipinski definition) is 2. The smallest absolute Gasteiger partial charge is 0.250 e. The minimum Gasteiger partial charge on any atom is -0.250 e. The van der Waals surface area contributed by atoms with Crippen molar-refractivity contribution in [3.8, 4) is 0 Å². The standard InChI is InChI=1S/C2H5N2O2/c5-2-3-1-4-6-2/h2-4H,1H2. The summed E-state index contributed by atoms with van der Waals surface area (Å²) in [5, 5.41) is 12.4. The Hall–Kier alpha value is -0.160. The molecular formula is C2H5N2O2. The van der Waals surface area contributed by atoms with Crippen LogP contribution in [-0.4, -0.2) is 13.1 Å². The molecule has 0 aromatic rings. The fourth-order valence-corrected chi connectivity index (χ4v) is 0.284. The Bertz CT molecular complexity index is 42.8.